The molecule has 0 heterocycles. The van der Waals surface area contributed by atoms with Crippen LogP contribution in [0, 0.1) is 18.3 Å². The summed E-state index contributed by atoms with van der Waals surface area (Å²) >= 11 is 0. The Kier molecular flexibility index (Phi) is 7.27. The molecule has 0 atom stereocenters. The summed E-state index contributed by atoms with van der Waals surface area (Å²) in [5.74, 6) is 0.865. The van der Waals surface area contributed by atoms with Gasteiger partial charge in [0, 0.05) is 20.1 Å². The molecule has 0 aliphatic heterocycles. The highest BCUT2D eigenvalue weighted by molar-refractivity contribution is 5.77. The number of likely N-dealkylation sites (N-methyl/N-ethyl adjacent to an activating group) is 2. The fourth-order valence-electron chi connectivity index (χ4n) is 1.80. The maximum atomic E-state index is 11.9. The summed E-state index contributed by atoms with van der Waals surface area (Å²) in [5, 5.41) is 8.51. The molecule has 0 aromatic heterocycles. The van der Waals surface area contributed by atoms with E-state index < -0.39 is 0 Å². The Hall–Kier alpha value is -2.06. The van der Waals surface area contributed by atoms with Gasteiger partial charge in [-0.05, 0) is 31.7 Å². The highest BCUT2D eigenvalue weighted by Crippen LogP contribution is 2.11. The number of carbonyl (C=O) groups is 1. The van der Waals surface area contributed by atoms with Crippen LogP contribution in [0.5, 0.6) is 5.75 Å². The maximum Gasteiger partial charge on any atom is 0.236 e. The van der Waals surface area contributed by atoms with E-state index in [-0.39, 0.29) is 5.91 Å². The van der Waals surface area contributed by atoms with Gasteiger partial charge in [0.05, 0.1) is 19.0 Å². The van der Waals surface area contributed by atoms with Crippen LogP contribution >= 0.6 is 0 Å². The highest BCUT2D eigenvalue weighted by atomic mass is 16.5. The van der Waals surface area contributed by atoms with Crippen LogP contribution in [0.3, 0.4) is 0 Å². The van der Waals surface area contributed by atoms with Gasteiger partial charge in [0.1, 0.15) is 12.4 Å². The minimum Gasteiger partial charge on any atom is -0.492 e. The minimum absolute atomic E-state index is 0.0169. The minimum atomic E-state index is 0.0169. The number of hydrogen-bond donors (Lipinski definition) is 0. The Morgan fingerprint density at radius 1 is 1.33 bits per heavy atom. The number of amides is 1. The zero-order chi connectivity index (χ0) is 15.7. The Morgan fingerprint density at radius 2 is 2.10 bits per heavy atom. The van der Waals surface area contributed by atoms with E-state index in [0.29, 0.717) is 32.7 Å². The molecule has 0 saturated carbocycles. The summed E-state index contributed by atoms with van der Waals surface area (Å²) in [4.78, 5) is 15.4. The van der Waals surface area contributed by atoms with Crippen LogP contribution in [0.15, 0.2) is 24.3 Å². The summed E-state index contributed by atoms with van der Waals surface area (Å²) in [5.41, 5.74) is 1.16. The zero-order valence-electron chi connectivity index (χ0n) is 13.0. The van der Waals surface area contributed by atoms with Crippen molar-refractivity contribution in [3.8, 4) is 11.8 Å². The lowest BCUT2D eigenvalue weighted by molar-refractivity contribution is -0.130. The van der Waals surface area contributed by atoms with Gasteiger partial charge in [-0.2, -0.15) is 5.26 Å². The Labute approximate surface area is 126 Å². The van der Waals surface area contributed by atoms with Gasteiger partial charge in [-0.3, -0.25) is 9.69 Å². The van der Waals surface area contributed by atoms with Crippen molar-refractivity contribution in [2.75, 3.05) is 40.3 Å². The molecule has 1 aromatic carbocycles. The van der Waals surface area contributed by atoms with Crippen molar-refractivity contribution in [2.45, 2.75) is 13.3 Å². The number of ether oxygens (including phenoxy) is 1. The summed E-state index contributed by atoms with van der Waals surface area (Å²) in [6.07, 6.45) is 0.364. The quantitative estimate of drug-likeness (QED) is 0.730. The first kappa shape index (κ1) is 17.0. The average molecular weight is 289 g/mol. The van der Waals surface area contributed by atoms with E-state index in [2.05, 4.69) is 0 Å². The van der Waals surface area contributed by atoms with Gasteiger partial charge < -0.3 is 9.64 Å². The van der Waals surface area contributed by atoms with Crippen LogP contribution in [-0.2, 0) is 4.79 Å². The third-order valence-corrected chi connectivity index (χ3v) is 3.12. The van der Waals surface area contributed by atoms with Gasteiger partial charge in [-0.1, -0.05) is 12.1 Å². The molecule has 5 heteroatoms. The standard InChI is InChI=1S/C16H23N3O2/c1-14-6-4-7-15(12-14)21-11-10-18(2)13-16(20)19(3)9-5-8-17/h4,6-7,12H,5,9-11,13H2,1-3H3. The first-order valence-electron chi connectivity index (χ1n) is 7.02. The lowest BCUT2D eigenvalue weighted by Crippen LogP contribution is -2.38. The molecule has 1 amide bonds. The van der Waals surface area contributed by atoms with Crippen LogP contribution in [0.4, 0.5) is 0 Å². The molecule has 1 rings (SSSR count). The van der Waals surface area contributed by atoms with Gasteiger partial charge in [-0.15, -0.1) is 0 Å². The molecule has 21 heavy (non-hydrogen) atoms. The van der Waals surface area contributed by atoms with E-state index >= 15 is 0 Å². The lowest BCUT2D eigenvalue weighted by Gasteiger charge is -2.21. The van der Waals surface area contributed by atoms with Crippen LogP contribution in [0.1, 0.15) is 12.0 Å². The molecule has 114 valence electrons. The molecule has 0 aliphatic rings. The fraction of sp³-hybridized carbons (Fsp3) is 0.500. The van der Waals surface area contributed by atoms with E-state index in [0.717, 1.165) is 11.3 Å². The molecule has 5 nitrogen and oxygen atoms in total. The van der Waals surface area contributed by atoms with Crippen molar-refractivity contribution in [1.82, 2.24) is 9.80 Å². The van der Waals surface area contributed by atoms with Gasteiger partial charge in [0.25, 0.3) is 0 Å². The smallest absolute Gasteiger partial charge is 0.236 e. The second kappa shape index (κ2) is 8.98. The summed E-state index contributed by atoms with van der Waals surface area (Å²) in [6, 6.07) is 9.93. The van der Waals surface area contributed by atoms with Crippen molar-refractivity contribution >= 4 is 5.91 Å². The van der Waals surface area contributed by atoms with Crippen LogP contribution < -0.4 is 4.74 Å². The number of benzene rings is 1. The zero-order valence-corrected chi connectivity index (χ0v) is 13.0. The van der Waals surface area contributed by atoms with E-state index in [4.69, 9.17) is 10.00 Å². The Bertz CT molecular complexity index is 497. The number of hydrogen-bond acceptors (Lipinski definition) is 4. The van der Waals surface area contributed by atoms with Crippen molar-refractivity contribution in [1.29, 1.82) is 5.26 Å². The van der Waals surface area contributed by atoms with E-state index in [1.165, 1.54) is 0 Å². The largest absolute Gasteiger partial charge is 0.492 e. The van der Waals surface area contributed by atoms with E-state index in [1.807, 2.05) is 49.2 Å². The van der Waals surface area contributed by atoms with E-state index in [9.17, 15) is 4.79 Å². The maximum absolute atomic E-state index is 11.9. The normalized spacial score (nSPS) is 10.2. The number of nitriles is 1. The molecule has 0 aliphatic carbocycles. The summed E-state index contributed by atoms with van der Waals surface area (Å²) in [6.45, 7) is 4.04. The molecule has 0 unspecified atom stereocenters. The molecule has 1 aromatic rings. The predicted molar refractivity (Wildman–Crippen MR) is 82.0 cm³/mol. The van der Waals surface area contributed by atoms with Gasteiger partial charge in [-0.25, -0.2) is 0 Å². The molecular formula is C16H23N3O2. The fourth-order valence-corrected chi connectivity index (χ4v) is 1.80. The third-order valence-electron chi connectivity index (χ3n) is 3.12. The second-order valence-electron chi connectivity index (χ2n) is 5.13. The molecule has 0 fully saturated rings. The number of rotatable bonds is 8. The molecule has 0 bridgehead atoms. The molecule has 0 saturated heterocycles. The number of nitrogens with zero attached hydrogens (tertiary/aromatic N) is 3. The molecule has 0 spiro atoms. The molecule has 0 N–H and O–H groups in total. The number of carbonyl (C=O) groups excluding carboxylic acids is 1. The van der Waals surface area contributed by atoms with Crippen LogP contribution in [-0.4, -0.2) is 56.0 Å². The third kappa shape index (κ3) is 6.77. The average Bonchev–Trinajstić information content (AvgIpc) is 2.44. The molecular weight excluding hydrogens is 266 g/mol. The van der Waals surface area contributed by atoms with Crippen LogP contribution in [0.25, 0.3) is 0 Å². The Balaban J connectivity index is 2.26. The monoisotopic (exact) mass is 289 g/mol. The van der Waals surface area contributed by atoms with Gasteiger partial charge >= 0.3 is 0 Å². The van der Waals surface area contributed by atoms with Crippen molar-refractivity contribution < 1.29 is 9.53 Å². The summed E-state index contributed by atoms with van der Waals surface area (Å²) in [7, 11) is 3.60. The van der Waals surface area contributed by atoms with Gasteiger partial charge in [0.15, 0.2) is 0 Å². The van der Waals surface area contributed by atoms with Crippen molar-refractivity contribution in [3.63, 3.8) is 0 Å². The first-order chi connectivity index (χ1) is 10.0. The SMILES string of the molecule is Cc1cccc(OCCN(C)CC(=O)N(C)CCC#N)c1. The second-order valence-corrected chi connectivity index (χ2v) is 5.13. The van der Waals surface area contributed by atoms with E-state index in [1.54, 1.807) is 11.9 Å². The predicted octanol–water partition coefficient (Wildman–Crippen LogP) is 1.68. The molecule has 0 radical (unpaired) electrons. The lowest BCUT2D eigenvalue weighted by atomic mass is 10.2. The highest BCUT2D eigenvalue weighted by Gasteiger charge is 2.11. The summed E-state index contributed by atoms with van der Waals surface area (Å²) < 4.78 is 5.65. The van der Waals surface area contributed by atoms with Crippen LogP contribution in [0.2, 0.25) is 0 Å². The number of aryl methyl sites for hydroxylation is 1. The topological polar surface area (TPSA) is 56.6 Å². The van der Waals surface area contributed by atoms with Crippen molar-refractivity contribution in [2.24, 2.45) is 0 Å². The Morgan fingerprint density at radius 3 is 2.76 bits per heavy atom. The first-order valence-corrected chi connectivity index (χ1v) is 7.02. The van der Waals surface area contributed by atoms with Crippen molar-refractivity contribution in [3.05, 3.63) is 29.8 Å². The van der Waals surface area contributed by atoms with Gasteiger partial charge in [0.2, 0.25) is 5.91 Å².